The van der Waals surface area contributed by atoms with Gasteiger partial charge < -0.3 is 16.8 Å². The number of H-pyrrole nitrogens is 1. The molecule has 172 valence electrons. The maximum Gasteiger partial charge on any atom is 0.269 e. The molecule has 2 heterocycles. The first-order valence-electron chi connectivity index (χ1n) is 11.0. The van der Waals surface area contributed by atoms with Crippen molar-refractivity contribution in [1.29, 1.82) is 0 Å². The quantitative estimate of drug-likeness (QED) is 0.360. The van der Waals surface area contributed by atoms with Gasteiger partial charge in [-0.15, -0.1) is 0 Å². The van der Waals surface area contributed by atoms with Gasteiger partial charge in [-0.2, -0.15) is 5.10 Å². The van der Waals surface area contributed by atoms with Gasteiger partial charge in [-0.1, -0.05) is 19.1 Å². The van der Waals surface area contributed by atoms with Crippen LogP contribution < -0.4 is 16.8 Å². The third kappa shape index (κ3) is 3.55. The van der Waals surface area contributed by atoms with Crippen LogP contribution in [0.15, 0.2) is 36.5 Å². The molecule has 1 aliphatic carbocycles. The molecule has 0 unspecified atom stereocenters. The van der Waals surface area contributed by atoms with E-state index in [0.717, 1.165) is 40.4 Å². The summed E-state index contributed by atoms with van der Waals surface area (Å²) in [5.74, 6) is -0.569. The van der Waals surface area contributed by atoms with Gasteiger partial charge in [-0.05, 0) is 56.0 Å². The van der Waals surface area contributed by atoms with Crippen LogP contribution in [-0.4, -0.2) is 32.0 Å². The van der Waals surface area contributed by atoms with Crippen LogP contribution in [-0.2, 0) is 4.79 Å². The minimum atomic E-state index is -0.761. The Balaban J connectivity index is 1.74. The number of fused-ring (bicyclic) bond motifs is 1. The van der Waals surface area contributed by atoms with E-state index in [1.807, 2.05) is 51.1 Å². The Morgan fingerprint density at radius 3 is 2.59 bits per heavy atom. The minimum absolute atomic E-state index is 0.0517. The SMILES string of the molecule is Cc1ccc(-c2nc(C(N)=O)c(N)c(-c3c(C)ccc4[nH]ncc34)n2)c(NC(=O)C2(C)CC2)c1. The summed E-state index contributed by atoms with van der Waals surface area (Å²) in [5, 5.41) is 10.9. The van der Waals surface area contributed by atoms with Crippen molar-refractivity contribution in [1.82, 2.24) is 20.2 Å². The van der Waals surface area contributed by atoms with Crippen molar-refractivity contribution in [2.24, 2.45) is 11.1 Å². The fourth-order valence-corrected chi connectivity index (χ4v) is 4.05. The molecule has 9 nitrogen and oxygen atoms in total. The highest BCUT2D eigenvalue weighted by Crippen LogP contribution is 2.46. The van der Waals surface area contributed by atoms with Crippen LogP contribution in [0.25, 0.3) is 33.5 Å². The Bertz CT molecular complexity index is 1480. The number of rotatable bonds is 5. The van der Waals surface area contributed by atoms with Gasteiger partial charge in [0.05, 0.1) is 28.8 Å². The van der Waals surface area contributed by atoms with E-state index >= 15 is 0 Å². The van der Waals surface area contributed by atoms with Crippen molar-refractivity contribution in [3.05, 3.63) is 53.3 Å². The summed E-state index contributed by atoms with van der Waals surface area (Å²) in [5.41, 5.74) is 16.6. The van der Waals surface area contributed by atoms with Crippen molar-refractivity contribution in [2.75, 3.05) is 11.1 Å². The molecule has 2 aromatic carbocycles. The zero-order valence-corrected chi connectivity index (χ0v) is 19.2. The summed E-state index contributed by atoms with van der Waals surface area (Å²) in [4.78, 5) is 34.3. The number of primary amides is 1. The molecule has 4 aromatic rings. The van der Waals surface area contributed by atoms with Crippen LogP contribution in [0, 0.1) is 19.3 Å². The molecule has 0 radical (unpaired) electrons. The van der Waals surface area contributed by atoms with Crippen LogP contribution in [0.5, 0.6) is 0 Å². The van der Waals surface area contributed by atoms with E-state index in [2.05, 4.69) is 20.5 Å². The second-order valence-electron chi connectivity index (χ2n) is 9.17. The molecular weight excluding hydrogens is 430 g/mol. The smallest absolute Gasteiger partial charge is 0.269 e. The van der Waals surface area contributed by atoms with Crippen LogP contribution in [0.2, 0.25) is 0 Å². The number of benzene rings is 2. The summed E-state index contributed by atoms with van der Waals surface area (Å²) in [6, 6.07) is 9.43. The van der Waals surface area contributed by atoms with E-state index < -0.39 is 5.91 Å². The number of nitrogens with two attached hydrogens (primary N) is 2. The lowest BCUT2D eigenvalue weighted by Gasteiger charge is -2.17. The lowest BCUT2D eigenvalue weighted by atomic mass is 9.98. The number of amides is 2. The van der Waals surface area contributed by atoms with Crippen molar-refractivity contribution in [3.63, 3.8) is 0 Å². The molecule has 2 amide bonds. The number of aromatic amines is 1. The van der Waals surface area contributed by atoms with Gasteiger partial charge in [0, 0.05) is 21.9 Å². The predicted molar refractivity (Wildman–Crippen MR) is 131 cm³/mol. The highest BCUT2D eigenvalue weighted by atomic mass is 16.2. The molecule has 6 N–H and O–H groups in total. The van der Waals surface area contributed by atoms with E-state index in [1.54, 1.807) is 6.20 Å². The zero-order chi connectivity index (χ0) is 24.2. The van der Waals surface area contributed by atoms with Gasteiger partial charge >= 0.3 is 0 Å². The van der Waals surface area contributed by atoms with E-state index in [0.29, 0.717) is 16.9 Å². The monoisotopic (exact) mass is 455 g/mol. The summed E-state index contributed by atoms with van der Waals surface area (Å²) >= 11 is 0. The fraction of sp³-hybridized carbons (Fsp3) is 0.240. The van der Waals surface area contributed by atoms with Gasteiger partial charge in [0.2, 0.25) is 5.91 Å². The maximum absolute atomic E-state index is 12.8. The number of carbonyl (C=O) groups is 2. The van der Waals surface area contributed by atoms with Crippen LogP contribution in [0.3, 0.4) is 0 Å². The highest BCUT2D eigenvalue weighted by Gasteiger charge is 2.45. The van der Waals surface area contributed by atoms with Gasteiger partial charge in [0.15, 0.2) is 11.5 Å². The van der Waals surface area contributed by atoms with Crippen LogP contribution in [0.4, 0.5) is 11.4 Å². The summed E-state index contributed by atoms with van der Waals surface area (Å²) < 4.78 is 0. The topological polar surface area (TPSA) is 153 Å². The summed E-state index contributed by atoms with van der Waals surface area (Å²) in [6.45, 7) is 5.81. The number of carbonyl (C=O) groups excluding carboxylic acids is 2. The second-order valence-corrected chi connectivity index (χ2v) is 9.17. The number of nitrogen functional groups attached to an aromatic ring is 1. The summed E-state index contributed by atoms with van der Waals surface area (Å²) in [7, 11) is 0. The molecule has 34 heavy (non-hydrogen) atoms. The van der Waals surface area contributed by atoms with Gasteiger partial charge in [0.25, 0.3) is 5.91 Å². The van der Waals surface area contributed by atoms with E-state index in [-0.39, 0.29) is 28.5 Å². The molecular formula is C25H25N7O2. The first-order chi connectivity index (χ1) is 16.2. The Labute approximate surface area is 196 Å². The molecule has 0 spiro atoms. The number of aryl methyl sites for hydroxylation is 2. The third-order valence-electron chi connectivity index (χ3n) is 6.46. The molecule has 9 heteroatoms. The number of hydrogen-bond acceptors (Lipinski definition) is 6. The highest BCUT2D eigenvalue weighted by molar-refractivity contribution is 6.05. The molecule has 1 saturated carbocycles. The van der Waals surface area contributed by atoms with Crippen molar-refractivity contribution in [3.8, 4) is 22.6 Å². The number of hydrogen-bond donors (Lipinski definition) is 4. The lowest BCUT2D eigenvalue weighted by Crippen LogP contribution is -2.22. The molecule has 1 aliphatic rings. The normalized spacial score (nSPS) is 14.2. The van der Waals surface area contributed by atoms with E-state index in [9.17, 15) is 9.59 Å². The maximum atomic E-state index is 12.8. The number of anilines is 2. The standard InChI is InChI=1S/C25H25N7O2/c1-12-4-6-14(17(10-12)29-24(34)25(3)8-9-25)23-30-20(19(26)21(31-23)22(27)33)18-13(2)5-7-16-15(18)11-28-32-16/h4-7,10-11H,8-9,26H2,1-3H3,(H2,27,33)(H,28,32)(H,29,34). The minimum Gasteiger partial charge on any atom is -0.395 e. The number of nitrogens with zero attached hydrogens (tertiary/aromatic N) is 3. The van der Waals surface area contributed by atoms with Gasteiger partial charge in [-0.3, -0.25) is 14.7 Å². The summed E-state index contributed by atoms with van der Waals surface area (Å²) in [6.07, 6.45) is 3.39. The molecule has 2 aromatic heterocycles. The molecule has 0 aliphatic heterocycles. The Morgan fingerprint density at radius 2 is 1.88 bits per heavy atom. The Kier molecular flexibility index (Phi) is 4.85. The van der Waals surface area contributed by atoms with Gasteiger partial charge in [-0.25, -0.2) is 9.97 Å². The van der Waals surface area contributed by atoms with Crippen LogP contribution in [0.1, 0.15) is 41.4 Å². The number of aromatic nitrogens is 4. The van der Waals surface area contributed by atoms with Gasteiger partial charge in [0.1, 0.15) is 0 Å². The molecule has 0 atom stereocenters. The third-order valence-corrected chi connectivity index (χ3v) is 6.46. The average Bonchev–Trinajstić information content (AvgIpc) is 3.37. The van der Waals surface area contributed by atoms with Crippen molar-refractivity contribution < 1.29 is 9.59 Å². The molecule has 0 saturated heterocycles. The predicted octanol–water partition coefficient (Wildman–Crippen LogP) is 3.72. The lowest BCUT2D eigenvalue weighted by molar-refractivity contribution is -0.120. The van der Waals surface area contributed by atoms with Crippen LogP contribution >= 0.6 is 0 Å². The van der Waals surface area contributed by atoms with E-state index in [4.69, 9.17) is 16.5 Å². The first-order valence-corrected chi connectivity index (χ1v) is 11.0. The largest absolute Gasteiger partial charge is 0.395 e. The van der Waals surface area contributed by atoms with E-state index in [1.165, 1.54) is 0 Å². The van der Waals surface area contributed by atoms with Crippen molar-refractivity contribution in [2.45, 2.75) is 33.6 Å². The second kappa shape index (κ2) is 7.65. The zero-order valence-electron chi connectivity index (χ0n) is 19.2. The Hall–Kier alpha value is -4.27. The molecule has 5 rings (SSSR count). The first kappa shape index (κ1) is 21.6. The average molecular weight is 456 g/mol. The molecule has 0 bridgehead atoms. The Morgan fingerprint density at radius 1 is 1.12 bits per heavy atom. The van der Waals surface area contributed by atoms with Crippen molar-refractivity contribution >= 4 is 34.1 Å². The molecule has 1 fully saturated rings. The number of nitrogens with one attached hydrogen (secondary N) is 2. The fourth-order valence-electron chi connectivity index (χ4n) is 4.05.